The van der Waals surface area contributed by atoms with Crippen molar-refractivity contribution in [3.05, 3.63) is 35.9 Å². The summed E-state index contributed by atoms with van der Waals surface area (Å²) in [6.07, 6.45) is -0.214. The molecule has 4 amide bonds. The van der Waals surface area contributed by atoms with Gasteiger partial charge in [0.2, 0.25) is 23.6 Å². The summed E-state index contributed by atoms with van der Waals surface area (Å²) in [5, 5.41) is 7.42. The van der Waals surface area contributed by atoms with Gasteiger partial charge in [-0.2, -0.15) is 0 Å². The highest BCUT2D eigenvalue weighted by molar-refractivity contribution is 6.00. The van der Waals surface area contributed by atoms with Crippen LogP contribution in [0.2, 0.25) is 0 Å². The average molecular weight is 476 g/mol. The van der Waals surface area contributed by atoms with Crippen LogP contribution in [0.4, 0.5) is 0 Å². The van der Waals surface area contributed by atoms with Crippen LogP contribution in [0.15, 0.2) is 30.3 Å². The molecule has 0 unspecified atom stereocenters. The lowest BCUT2D eigenvalue weighted by atomic mass is 9.86. The second-order valence-corrected chi connectivity index (χ2v) is 7.85. The Bertz CT molecular complexity index is 935. The highest BCUT2D eigenvalue weighted by Gasteiger charge is 2.42. The Hall–Kier alpha value is -3.96. The second kappa shape index (κ2) is 11.8. The van der Waals surface area contributed by atoms with Crippen LogP contribution in [0.25, 0.3) is 0 Å². The highest BCUT2D eigenvalue weighted by Crippen LogP contribution is 2.20. The van der Waals surface area contributed by atoms with Crippen molar-refractivity contribution in [2.75, 3.05) is 14.2 Å². The van der Waals surface area contributed by atoms with Gasteiger partial charge in [-0.1, -0.05) is 37.3 Å². The minimum absolute atomic E-state index is 0.279. The van der Waals surface area contributed by atoms with Gasteiger partial charge >= 0.3 is 11.9 Å². The van der Waals surface area contributed by atoms with Crippen LogP contribution < -0.4 is 21.7 Å². The van der Waals surface area contributed by atoms with Crippen molar-refractivity contribution in [3.63, 3.8) is 0 Å². The predicted octanol–water partition coefficient (Wildman–Crippen LogP) is -1.83. The van der Waals surface area contributed by atoms with Gasteiger partial charge in [-0.05, 0) is 5.56 Å². The van der Waals surface area contributed by atoms with E-state index in [4.69, 9.17) is 5.73 Å². The Morgan fingerprint density at radius 3 is 2.03 bits per heavy atom. The lowest BCUT2D eigenvalue weighted by molar-refractivity contribution is -0.162. The Morgan fingerprint density at radius 1 is 0.971 bits per heavy atom. The number of ether oxygens (including phenoxy) is 2. The fourth-order valence-corrected chi connectivity index (χ4v) is 3.66. The second-order valence-electron chi connectivity index (χ2n) is 7.85. The molecule has 1 fully saturated rings. The molecular formula is C22H28N4O8. The van der Waals surface area contributed by atoms with Crippen molar-refractivity contribution in [1.82, 2.24) is 16.0 Å². The quantitative estimate of drug-likeness (QED) is 0.224. The SMILES string of the molecule is COC(=O)C(C(=O)OC)[C@H](C)[C@H](NC(=O)C[C@@H]1NC(=O)[C@H](Cc2ccccc2)NC1=O)C(N)=O. The summed E-state index contributed by atoms with van der Waals surface area (Å²) in [7, 11) is 2.11. The molecule has 0 radical (unpaired) electrons. The van der Waals surface area contributed by atoms with E-state index in [1.807, 2.05) is 30.3 Å². The van der Waals surface area contributed by atoms with E-state index in [9.17, 15) is 28.8 Å². The molecule has 0 aliphatic carbocycles. The van der Waals surface area contributed by atoms with Crippen molar-refractivity contribution < 1.29 is 38.2 Å². The number of methoxy groups -OCH3 is 2. The first-order valence-corrected chi connectivity index (χ1v) is 10.5. The molecule has 1 saturated heterocycles. The van der Waals surface area contributed by atoms with E-state index in [1.165, 1.54) is 6.92 Å². The maximum absolute atomic E-state index is 12.6. The molecule has 184 valence electrons. The van der Waals surface area contributed by atoms with Crippen LogP contribution in [0.3, 0.4) is 0 Å². The maximum Gasteiger partial charge on any atom is 0.320 e. The number of hydrogen-bond donors (Lipinski definition) is 4. The highest BCUT2D eigenvalue weighted by atomic mass is 16.5. The van der Waals surface area contributed by atoms with Gasteiger partial charge in [0.15, 0.2) is 5.92 Å². The van der Waals surface area contributed by atoms with Gasteiger partial charge in [0.1, 0.15) is 18.1 Å². The first kappa shape index (κ1) is 26.3. The zero-order valence-electron chi connectivity index (χ0n) is 19.0. The van der Waals surface area contributed by atoms with Crippen LogP contribution >= 0.6 is 0 Å². The van der Waals surface area contributed by atoms with Gasteiger partial charge in [-0.25, -0.2) is 0 Å². The van der Waals surface area contributed by atoms with E-state index in [1.54, 1.807) is 0 Å². The number of benzene rings is 1. The molecule has 0 bridgehead atoms. The third-order valence-electron chi connectivity index (χ3n) is 5.52. The van der Waals surface area contributed by atoms with E-state index in [0.717, 1.165) is 19.8 Å². The van der Waals surface area contributed by atoms with E-state index in [2.05, 4.69) is 25.4 Å². The lowest BCUT2D eigenvalue weighted by Crippen LogP contribution is -2.63. The Kier molecular flexibility index (Phi) is 9.10. The summed E-state index contributed by atoms with van der Waals surface area (Å²) in [5.41, 5.74) is 6.22. The van der Waals surface area contributed by atoms with E-state index >= 15 is 0 Å². The molecule has 5 N–H and O–H groups in total. The van der Waals surface area contributed by atoms with Gasteiger partial charge in [-0.15, -0.1) is 0 Å². The van der Waals surface area contributed by atoms with Crippen molar-refractivity contribution in [2.45, 2.75) is 37.9 Å². The summed E-state index contributed by atoms with van der Waals surface area (Å²) >= 11 is 0. The number of nitrogens with two attached hydrogens (primary N) is 1. The predicted molar refractivity (Wildman–Crippen MR) is 116 cm³/mol. The molecule has 1 aromatic rings. The van der Waals surface area contributed by atoms with Crippen molar-refractivity contribution in [2.24, 2.45) is 17.6 Å². The molecular weight excluding hydrogens is 448 g/mol. The normalized spacial score (nSPS) is 19.3. The van der Waals surface area contributed by atoms with Crippen LogP contribution in [0.5, 0.6) is 0 Å². The van der Waals surface area contributed by atoms with Crippen molar-refractivity contribution in [1.29, 1.82) is 0 Å². The summed E-state index contributed by atoms with van der Waals surface area (Å²) in [6, 6.07) is 5.66. The minimum Gasteiger partial charge on any atom is -0.468 e. The monoisotopic (exact) mass is 476 g/mol. The maximum atomic E-state index is 12.6. The zero-order chi connectivity index (χ0) is 25.4. The third kappa shape index (κ3) is 6.53. The number of primary amides is 1. The molecule has 1 aliphatic rings. The zero-order valence-corrected chi connectivity index (χ0v) is 19.0. The third-order valence-corrected chi connectivity index (χ3v) is 5.52. The number of amides is 4. The molecule has 12 heteroatoms. The van der Waals surface area contributed by atoms with Gasteiger partial charge < -0.3 is 31.2 Å². The van der Waals surface area contributed by atoms with Gasteiger partial charge in [-0.3, -0.25) is 28.8 Å². The molecule has 0 aromatic heterocycles. The van der Waals surface area contributed by atoms with Crippen molar-refractivity contribution in [3.8, 4) is 0 Å². The summed E-state index contributed by atoms with van der Waals surface area (Å²) in [4.78, 5) is 73.5. The van der Waals surface area contributed by atoms with Crippen LogP contribution in [0, 0.1) is 11.8 Å². The largest absolute Gasteiger partial charge is 0.468 e. The lowest BCUT2D eigenvalue weighted by Gasteiger charge is -2.30. The molecule has 12 nitrogen and oxygen atoms in total. The van der Waals surface area contributed by atoms with Crippen LogP contribution in [-0.2, 0) is 44.7 Å². The van der Waals surface area contributed by atoms with E-state index in [0.29, 0.717) is 0 Å². The topological polar surface area (TPSA) is 183 Å². The van der Waals surface area contributed by atoms with Crippen LogP contribution in [-0.4, -0.2) is 67.9 Å². The van der Waals surface area contributed by atoms with E-state index < -0.39 is 71.9 Å². The van der Waals surface area contributed by atoms with Gasteiger partial charge in [0.05, 0.1) is 20.6 Å². The molecule has 2 rings (SSSR count). The Morgan fingerprint density at radius 2 is 1.50 bits per heavy atom. The Labute approximate surface area is 195 Å². The smallest absolute Gasteiger partial charge is 0.320 e. The van der Waals surface area contributed by atoms with Gasteiger partial charge in [0, 0.05) is 12.3 Å². The van der Waals surface area contributed by atoms with Crippen molar-refractivity contribution >= 4 is 35.6 Å². The molecule has 0 saturated carbocycles. The fraction of sp³-hybridized carbons (Fsp3) is 0.455. The molecule has 1 aromatic carbocycles. The van der Waals surface area contributed by atoms with E-state index in [-0.39, 0.29) is 6.42 Å². The molecule has 0 spiro atoms. The summed E-state index contributed by atoms with van der Waals surface area (Å²) in [5.74, 6) is -7.43. The number of carbonyl (C=O) groups excluding carboxylic acids is 6. The first-order valence-electron chi connectivity index (χ1n) is 10.5. The number of carbonyl (C=O) groups is 6. The first-order chi connectivity index (χ1) is 16.1. The summed E-state index contributed by atoms with van der Waals surface area (Å²) < 4.78 is 9.17. The number of rotatable bonds is 10. The average Bonchev–Trinajstić information content (AvgIpc) is 2.80. The standard InChI is InChI=1S/C22H28N4O8/c1-11(16(21(31)33-2)22(32)34-3)17(18(23)28)26-15(27)10-14-20(30)24-13(19(29)25-14)9-12-7-5-4-6-8-12/h4-8,11,13-14,16-17H,9-10H2,1-3H3,(H2,23,28)(H,24,30)(H,25,29)(H,26,27)/t11-,13-,14-,17-/m0/s1. The molecule has 1 aliphatic heterocycles. The Balaban J connectivity index is 2.04. The molecule has 34 heavy (non-hydrogen) atoms. The number of piperazine rings is 1. The summed E-state index contributed by atoms with van der Waals surface area (Å²) in [6.45, 7) is 1.34. The number of hydrogen-bond acceptors (Lipinski definition) is 8. The van der Waals surface area contributed by atoms with Crippen LogP contribution in [0.1, 0.15) is 18.9 Å². The number of nitrogens with one attached hydrogen (secondary N) is 3. The molecule has 4 atom stereocenters. The minimum atomic E-state index is -1.52. The number of esters is 2. The fourth-order valence-electron chi connectivity index (χ4n) is 3.66. The molecule has 1 heterocycles. The van der Waals surface area contributed by atoms with Gasteiger partial charge in [0.25, 0.3) is 0 Å².